The van der Waals surface area contributed by atoms with Gasteiger partial charge in [-0.25, -0.2) is 13.1 Å². The highest BCUT2D eigenvalue weighted by Crippen LogP contribution is 2.25. The SMILES string of the molecule is O=S(=O)(NCc1ccc2c(c1)CCCO2)c1ccccc1. The fourth-order valence-electron chi connectivity index (χ4n) is 2.39. The monoisotopic (exact) mass is 303 g/mol. The molecule has 0 spiro atoms. The summed E-state index contributed by atoms with van der Waals surface area (Å²) in [7, 11) is -3.46. The molecule has 0 aromatic heterocycles. The molecule has 21 heavy (non-hydrogen) atoms. The molecule has 0 unspecified atom stereocenters. The zero-order valence-electron chi connectivity index (χ0n) is 11.6. The number of benzene rings is 2. The predicted molar refractivity (Wildman–Crippen MR) is 80.7 cm³/mol. The molecule has 0 aliphatic carbocycles. The number of hydrogen-bond donors (Lipinski definition) is 1. The van der Waals surface area contributed by atoms with Crippen molar-refractivity contribution >= 4 is 10.0 Å². The Hall–Kier alpha value is -1.85. The first-order valence-corrected chi connectivity index (χ1v) is 8.43. The molecule has 0 saturated carbocycles. The molecule has 3 rings (SSSR count). The van der Waals surface area contributed by atoms with Crippen molar-refractivity contribution in [3.8, 4) is 5.75 Å². The number of rotatable bonds is 4. The van der Waals surface area contributed by atoms with Crippen molar-refractivity contribution < 1.29 is 13.2 Å². The molecular formula is C16H17NO3S. The summed E-state index contributed by atoms with van der Waals surface area (Å²) >= 11 is 0. The Morgan fingerprint density at radius 1 is 1.10 bits per heavy atom. The molecule has 1 heterocycles. The maximum absolute atomic E-state index is 12.2. The van der Waals surface area contributed by atoms with E-state index >= 15 is 0 Å². The lowest BCUT2D eigenvalue weighted by Crippen LogP contribution is -2.23. The second-order valence-corrected chi connectivity index (χ2v) is 6.80. The summed E-state index contributed by atoms with van der Waals surface area (Å²) < 4.78 is 32.5. The van der Waals surface area contributed by atoms with Crippen LogP contribution in [0.15, 0.2) is 53.4 Å². The normalized spacial score (nSPS) is 14.3. The zero-order chi connectivity index (χ0) is 14.7. The highest BCUT2D eigenvalue weighted by molar-refractivity contribution is 7.89. The lowest BCUT2D eigenvalue weighted by atomic mass is 10.0. The maximum Gasteiger partial charge on any atom is 0.240 e. The van der Waals surface area contributed by atoms with Crippen molar-refractivity contribution in [3.63, 3.8) is 0 Å². The van der Waals surface area contributed by atoms with Crippen LogP contribution in [0, 0.1) is 0 Å². The number of aryl methyl sites for hydroxylation is 1. The fraction of sp³-hybridized carbons (Fsp3) is 0.250. The van der Waals surface area contributed by atoms with Gasteiger partial charge in [0, 0.05) is 6.54 Å². The van der Waals surface area contributed by atoms with Crippen LogP contribution >= 0.6 is 0 Å². The van der Waals surface area contributed by atoms with E-state index in [1.165, 1.54) is 0 Å². The van der Waals surface area contributed by atoms with Crippen LogP contribution in [0.2, 0.25) is 0 Å². The third-order valence-electron chi connectivity index (χ3n) is 3.49. The summed E-state index contributed by atoms with van der Waals surface area (Å²) in [6.45, 7) is 1.04. The summed E-state index contributed by atoms with van der Waals surface area (Å²) in [5.74, 6) is 0.913. The largest absolute Gasteiger partial charge is 0.493 e. The Kier molecular flexibility index (Phi) is 3.94. The van der Waals surface area contributed by atoms with Gasteiger partial charge in [-0.05, 0) is 42.2 Å². The third-order valence-corrected chi connectivity index (χ3v) is 4.91. The van der Waals surface area contributed by atoms with Gasteiger partial charge in [-0.1, -0.05) is 30.3 Å². The zero-order valence-corrected chi connectivity index (χ0v) is 12.4. The Morgan fingerprint density at radius 2 is 1.90 bits per heavy atom. The van der Waals surface area contributed by atoms with Crippen LogP contribution in [0.1, 0.15) is 17.5 Å². The smallest absolute Gasteiger partial charge is 0.240 e. The Balaban J connectivity index is 1.73. The average Bonchev–Trinajstić information content (AvgIpc) is 2.54. The van der Waals surface area contributed by atoms with Crippen LogP contribution in [0.3, 0.4) is 0 Å². The van der Waals surface area contributed by atoms with Gasteiger partial charge in [0.1, 0.15) is 5.75 Å². The van der Waals surface area contributed by atoms with Gasteiger partial charge >= 0.3 is 0 Å². The minimum Gasteiger partial charge on any atom is -0.493 e. The van der Waals surface area contributed by atoms with Crippen molar-refractivity contribution in [3.05, 3.63) is 59.7 Å². The number of hydrogen-bond acceptors (Lipinski definition) is 3. The minimum absolute atomic E-state index is 0.282. The third kappa shape index (κ3) is 3.25. The Morgan fingerprint density at radius 3 is 2.71 bits per heavy atom. The van der Waals surface area contributed by atoms with E-state index in [0.29, 0.717) is 0 Å². The second-order valence-electron chi connectivity index (χ2n) is 5.03. The summed E-state index contributed by atoms with van der Waals surface area (Å²) in [6.07, 6.45) is 1.99. The van der Waals surface area contributed by atoms with E-state index in [4.69, 9.17) is 4.74 Å². The van der Waals surface area contributed by atoms with Crippen LogP contribution < -0.4 is 9.46 Å². The standard InChI is InChI=1S/C16H17NO3S/c18-21(19,15-6-2-1-3-7-15)17-12-13-8-9-16-14(11-13)5-4-10-20-16/h1-3,6-9,11,17H,4-5,10,12H2. The fourth-order valence-corrected chi connectivity index (χ4v) is 3.42. The van der Waals surface area contributed by atoms with Crippen molar-refractivity contribution in [1.82, 2.24) is 4.72 Å². The van der Waals surface area contributed by atoms with Gasteiger partial charge in [0.2, 0.25) is 10.0 Å². The summed E-state index contributed by atoms with van der Waals surface area (Å²) in [5.41, 5.74) is 2.09. The summed E-state index contributed by atoms with van der Waals surface area (Å²) in [6, 6.07) is 14.2. The van der Waals surface area contributed by atoms with E-state index in [1.54, 1.807) is 30.3 Å². The van der Waals surface area contributed by atoms with E-state index in [1.807, 2.05) is 18.2 Å². The van der Waals surface area contributed by atoms with Gasteiger partial charge in [0.25, 0.3) is 0 Å². The number of fused-ring (bicyclic) bond motifs is 1. The van der Waals surface area contributed by atoms with Gasteiger partial charge in [-0.3, -0.25) is 0 Å². The van der Waals surface area contributed by atoms with E-state index < -0.39 is 10.0 Å². The first kappa shape index (κ1) is 14.1. The first-order chi connectivity index (χ1) is 10.1. The van der Waals surface area contributed by atoms with Crippen LogP contribution in [-0.4, -0.2) is 15.0 Å². The van der Waals surface area contributed by atoms with Crippen LogP contribution in [0.5, 0.6) is 5.75 Å². The molecule has 2 aromatic carbocycles. The molecule has 0 radical (unpaired) electrons. The van der Waals surface area contributed by atoms with Gasteiger partial charge < -0.3 is 4.74 Å². The molecule has 110 valence electrons. The number of ether oxygens (including phenoxy) is 1. The van der Waals surface area contributed by atoms with E-state index in [9.17, 15) is 8.42 Å². The average molecular weight is 303 g/mol. The predicted octanol–water partition coefficient (Wildman–Crippen LogP) is 2.49. The van der Waals surface area contributed by atoms with Crippen LogP contribution in [0.4, 0.5) is 0 Å². The highest BCUT2D eigenvalue weighted by Gasteiger charge is 2.14. The van der Waals surface area contributed by atoms with E-state index in [-0.39, 0.29) is 11.4 Å². The van der Waals surface area contributed by atoms with Crippen molar-refractivity contribution in [2.24, 2.45) is 0 Å². The van der Waals surface area contributed by atoms with Crippen molar-refractivity contribution in [2.75, 3.05) is 6.61 Å². The van der Waals surface area contributed by atoms with E-state index in [0.717, 1.165) is 36.3 Å². The maximum atomic E-state index is 12.2. The van der Waals surface area contributed by atoms with Crippen molar-refractivity contribution in [2.45, 2.75) is 24.3 Å². The molecule has 0 bridgehead atoms. The Bertz CT molecular complexity index is 726. The first-order valence-electron chi connectivity index (χ1n) is 6.94. The molecule has 2 aromatic rings. The summed E-state index contributed by atoms with van der Waals surface area (Å²) in [4.78, 5) is 0.284. The molecule has 1 aliphatic rings. The van der Waals surface area contributed by atoms with Crippen LogP contribution in [-0.2, 0) is 23.0 Å². The number of sulfonamides is 1. The molecule has 1 aliphatic heterocycles. The van der Waals surface area contributed by atoms with Crippen molar-refractivity contribution in [1.29, 1.82) is 0 Å². The molecule has 0 amide bonds. The molecular weight excluding hydrogens is 286 g/mol. The minimum atomic E-state index is -3.46. The van der Waals surface area contributed by atoms with Gasteiger partial charge in [0.05, 0.1) is 11.5 Å². The molecule has 4 nitrogen and oxygen atoms in total. The molecule has 0 atom stereocenters. The molecule has 0 fully saturated rings. The quantitative estimate of drug-likeness (QED) is 0.944. The molecule has 1 N–H and O–H groups in total. The molecule has 5 heteroatoms. The summed E-state index contributed by atoms with van der Waals surface area (Å²) in [5, 5.41) is 0. The molecule has 0 saturated heterocycles. The van der Waals surface area contributed by atoms with Gasteiger partial charge in [-0.15, -0.1) is 0 Å². The lowest BCUT2D eigenvalue weighted by molar-refractivity contribution is 0.288. The van der Waals surface area contributed by atoms with E-state index in [2.05, 4.69) is 4.72 Å². The number of nitrogens with one attached hydrogen (secondary N) is 1. The lowest BCUT2D eigenvalue weighted by Gasteiger charge is -2.18. The highest BCUT2D eigenvalue weighted by atomic mass is 32.2. The van der Waals surface area contributed by atoms with Gasteiger partial charge in [0.15, 0.2) is 0 Å². The second kappa shape index (κ2) is 5.87. The van der Waals surface area contributed by atoms with Crippen LogP contribution in [0.25, 0.3) is 0 Å². The van der Waals surface area contributed by atoms with Gasteiger partial charge in [-0.2, -0.15) is 0 Å². The Labute approximate surface area is 124 Å². The topological polar surface area (TPSA) is 55.4 Å².